The third-order valence-corrected chi connectivity index (χ3v) is 4.45. The Morgan fingerprint density at radius 2 is 1.79 bits per heavy atom. The molecule has 0 bridgehead atoms. The van der Waals surface area contributed by atoms with Crippen LogP contribution in [0.25, 0.3) is 0 Å². The van der Waals surface area contributed by atoms with Gasteiger partial charge in [0.2, 0.25) is 0 Å². The summed E-state index contributed by atoms with van der Waals surface area (Å²) in [7, 11) is -1.94. The number of methoxy groups -OCH3 is 1. The molecule has 0 aliphatic carbocycles. The van der Waals surface area contributed by atoms with Crippen LogP contribution in [0.15, 0.2) is 53.4 Å². The predicted octanol–water partition coefficient (Wildman–Crippen LogP) is 2.25. The van der Waals surface area contributed by atoms with Gasteiger partial charge in [0.25, 0.3) is 0 Å². The van der Waals surface area contributed by atoms with Gasteiger partial charge in [-0.1, -0.05) is 30.3 Å². The van der Waals surface area contributed by atoms with E-state index in [1.165, 1.54) is 25.3 Å². The van der Waals surface area contributed by atoms with Crippen LogP contribution >= 0.6 is 0 Å². The number of sulfone groups is 1. The number of hydrogen-bond acceptors (Lipinski definition) is 4. The molecule has 0 unspecified atom stereocenters. The lowest BCUT2D eigenvalue weighted by atomic mass is 10.2. The zero-order chi connectivity index (χ0) is 13.9. The van der Waals surface area contributed by atoms with Crippen molar-refractivity contribution in [3.63, 3.8) is 0 Å². The van der Waals surface area contributed by atoms with Gasteiger partial charge in [0, 0.05) is 6.07 Å². The first-order valence-corrected chi connectivity index (χ1v) is 7.38. The van der Waals surface area contributed by atoms with Gasteiger partial charge in [0.1, 0.15) is 5.75 Å². The third kappa shape index (κ3) is 3.06. The lowest BCUT2D eigenvalue weighted by Crippen LogP contribution is -2.05. The first-order valence-electron chi connectivity index (χ1n) is 5.73. The fraction of sp³-hybridized carbons (Fsp3) is 0.143. The molecule has 0 spiro atoms. The van der Waals surface area contributed by atoms with E-state index in [1.807, 2.05) is 18.2 Å². The van der Waals surface area contributed by atoms with Gasteiger partial charge < -0.3 is 10.5 Å². The molecule has 5 heteroatoms. The van der Waals surface area contributed by atoms with E-state index in [2.05, 4.69) is 0 Å². The van der Waals surface area contributed by atoms with Crippen molar-refractivity contribution < 1.29 is 13.2 Å². The van der Waals surface area contributed by atoms with Gasteiger partial charge >= 0.3 is 0 Å². The molecule has 2 rings (SSSR count). The molecule has 0 fully saturated rings. The number of nitrogen functional groups attached to an aromatic ring is 1. The van der Waals surface area contributed by atoms with Crippen LogP contribution in [-0.2, 0) is 15.6 Å². The van der Waals surface area contributed by atoms with Crippen LogP contribution in [0.3, 0.4) is 0 Å². The Balaban J connectivity index is 2.35. The quantitative estimate of drug-likeness (QED) is 0.870. The van der Waals surface area contributed by atoms with E-state index < -0.39 is 9.84 Å². The molecule has 0 radical (unpaired) electrons. The van der Waals surface area contributed by atoms with Crippen molar-refractivity contribution in [2.75, 3.05) is 12.8 Å². The lowest BCUT2D eigenvalue weighted by molar-refractivity contribution is 0.415. The summed E-state index contributed by atoms with van der Waals surface area (Å²) in [5.41, 5.74) is 6.84. The van der Waals surface area contributed by atoms with Crippen molar-refractivity contribution in [3.05, 3.63) is 54.1 Å². The van der Waals surface area contributed by atoms with Crippen LogP contribution < -0.4 is 10.5 Å². The Morgan fingerprint density at radius 1 is 1.11 bits per heavy atom. The Bertz CT molecular complexity index is 666. The molecule has 0 atom stereocenters. The van der Waals surface area contributed by atoms with Crippen molar-refractivity contribution in [2.45, 2.75) is 10.6 Å². The fourth-order valence-corrected chi connectivity index (χ4v) is 3.12. The summed E-state index contributed by atoms with van der Waals surface area (Å²) < 4.78 is 29.6. The minimum Gasteiger partial charge on any atom is -0.495 e. The standard InChI is InChI=1S/C14H15NO3S/c1-18-14-9-12(7-8-13(14)15)19(16,17)10-11-5-3-2-4-6-11/h2-9H,10,15H2,1H3. The van der Waals surface area contributed by atoms with Crippen LogP contribution in [0.4, 0.5) is 5.69 Å². The highest BCUT2D eigenvalue weighted by Gasteiger charge is 2.16. The normalized spacial score (nSPS) is 11.2. The zero-order valence-corrected chi connectivity index (χ0v) is 11.4. The highest BCUT2D eigenvalue weighted by Crippen LogP contribution is 2.26. The highest BCUT2D eigenvalue weighted by molar-refractivity contribution is 7.90. The van der Waals surface area contributed by atoms with Crippen LogP contribution in [0.5, 0.6) is 5.75 Å². The van der Waals surface area contributed by atoms with Crippen LogP contribution in [0.1, 0.15) is 5.56 Å². The molecule has 0 amide bonds. The summed E-state index contributed by atoms with van der Waals surface area (Å²) >= 11 is 0. The second-order valence-corrected chi connectivity index (χ2v) is 6.14. The molecule has 100 valence electrons. The highest BCUT2D eigenvalue weighted by atomic mass is 32.2. The molecule has 0 saturated carbocycles. The second kappa shape index (κ2) is 5.32. The van der Waals surface area contributed by atoms with Gasteiger partial charge in [0.15, 0.2) is 9.84 Å². The van der Waals surface area contributed by atoms with Gasteiger partial charge in [-0.3, -0.25) is 0 Å². The number of nitrogens with two attached hydrogens (primary N) is 1. The number of anilines is 1. The van der Waals surface area contributed by atoms with Crippen molar-refractivity contribution in [2.24, 2.45) is 0 Å². The molecule has 2 aromatic carbocycles. The van der Waals surface area contributed by atoms with Gasteiger partial charge in [-0.15, -0.1) is 0 Å². The maximum Gasteiger partial charge on any atom is 0.182 e. The monoisotopic (exact) mass is 277 g/mol. The van der Waals surface area contributed by atoms with E-state index in [9.17, 15) is 8.42 Å². The summed E-state index contributed by atoms with van der Waals surface area (Å²) in [6, 6.07) is 13.5. The predicted molar refractivity (Wildman–Crippen MR) is 74.7 cm³/mol. The average Bonchev–Trinajstić information content (AvgIpc) is 2.39. The smallest absolute Gasteiger partial charge is 0.182 e. The molecule has 0 saturated heterocycles. The Hall–Kier alpha value is -2.01. The van der Waals surface area contributed by atoms with Crippen molar-refractivity contribution in [1.82, 2.24) is 0 Å². The number of benzene rings is 2. The van der Waals surface area contributed by atoms with Gasteiger partial charge in [-0.25, -0.2) is 8.42 Å². The number of rotatable bonds is 4. The van der Waals surface area contributed by atoms with Crippen molar-refractivity contribution in [3.8, 4) is 5.75 Å². The maximum absolute atomic E-state index is 12.3. The lowest BCUT2D eigenvalue weighted by Gasteiger charge is -2.08. The molecule has 2 N–H and O–H groups in total. The van der Waals surface area contributed by atoms with Gasteiger partial charge in [0.05, 0.1) is 23.4 Å². The second-order valence-electron chi connectivity index (χ2n) is 4.15. The summed E-state index contributed by atoms with van der Waals surface area (Å²) in [4.78, 5) is 0.211. The first kappa shape index (κ1) is 13.4. The largest absolute Gasteiger partial charge is 0.495 e. The van der Waals surface area contributed by atoms with E-state index in [1.54, 1.807) is 12.1 Å². The van der Waals surface area contributed by atoms with E-state index in [0.717, 1.165) is 5.56 Å². The SMILES string of the molecule is COc1cc(S(=O)(=O)Cc2ccccc2)ccc1N. The van der Waals surface area contributed by atoms with E-state index in [4.69, 9.17) is 10.5 Å². The summed E-state index contributed by atoms with van der Waals surface area (Å²) in [5, 5.41) is 0. The molecule has 4 nitrogen and oxygen atoms in total. The van der Waals surface area contributed by atoms with Crippen molar-refractivity contribution in [1.29, 1.82) is 0 Å². The summed E-state index contributed by atoms with van der Waals surface area (Å²) in [5.74, 6) is 0.329. The topological polar surface area (TPSA) is 69.4 Å². The van der Waals surface area contributed by atoms with E-state index in [0.29, 0.717) is 11.4 Å². The average molecular weight is 277 g/mol. The van der Waals surface area contributed by atoms with Gasteiger partial charge in [-0.05, 0) is 17.7 Å². The van der Waals surface area contributed by atoms with Gasteiger partial charge in [-0.2, -0.15) is 0 Å². The molecule has 0 aliphatic rings. The third-order valence-electron chi connectivity index (χ3n) is 2.76. The zero-order valence-electron chi connectivity index (χ0n) is 10.5. The van der Waals surface area contributed by atoms with E-state index >= 15 is 0 Å². The maximum atomic E-state index is 12.3. The molecule has 0 aliphatic heterocycles. The minimum absolute atomic E-state index is 0.0408. The molecule has 2 aromatic rings. The fourth-order valence-electron chi connectivity index (χ4n) is 1.76. The Kier molecular flexibility index (Phi) is 3.76. The van der Waals surface area contributed by atoms with Crippen molar-refractivity contribution >= 4 is 15.5 Å². The molecule has 0 heterocycles. The summed E-state index contributed by atoms with van der Waals surface area (Å²) in [6.45, 7) is 0. The molecular formula is C14H15NO3S. The number of hydrogen-bond donors (Lipinski definition) is 1. The van der Waals surface area contributed by atoms with Crippen LogP contribution in [-0.4, -0.2) is 15.5 Å². The van der Waals surface area contributed by atoms with Crippen LogP contribution in [0, 0.1) is 0 Å². The Labute approximate surface area is 112 Å². The molecule has 0 aromatic heterocycles. The Morgan fingerprint density at radius 3 is 2.42 bits per heavy atom. The molecular weight excluding hydrogens is 262 g/mol. The molecule has 19 heavy (non-hydrogen) atoms. The first-order chi connectivity index (χ1) is 9.03. The number of ether oxygens (including phenoxy) is 1. The minimum atomic E-state index is -3.40. The van der Waals surface area contributed by atoms with Crippen LogP contribution in [0.2, 0.25) is 0 Å². The van der Waals surface area contributed by atoms with E-state index in [-0.39, 0.29) is 10.6 Å². The summed E-state index contributed by atoms with van der Waals surface area (Å²) in [6.07, 6.45) is 0.